The minimum absolute atomic E-state index is 0.240. The molecule has 1 atom stereocenters. The Kier molecular flexibility index (Phi) is 3.96. The Bertz CT molecular complexity index is 425. The van der Waals surface area contributed by atoms with Crippen molar-refractivity contribution in [2.45, 2.75) is 11.1 Å². The lowest BCUT2D eigenvalue weighted by Gasteiger charge is -2.18. The molecule has 0 radical (unpaired) electrons. The molecule has 1 aliphatic rings. The van der Waals surface area contributed by atoms with E-state index in [0.29, 0.717) is 5.75 Å². The summed E-state index contributed by atoms with van der Waals surface area (Å²) in [4.78, 5) is 24.3. The monoisotopic (exact) mass is 268 g/mol. The van der Waals surface area contributed by atoms with Crippen molar-refractivity contribution in [3.8, 4) is 0 Å². The molecule has 2 rings (SSSR count). The van der Waals surface area contributed by atoms with Gasteiger partial charge < -0.3 is 0 Å². The highest BCUT2D eigenvalue weighted by molar-refractivity contribution is 7.99. The van der Waals surface area contributed by atoms with Crippen LogP contribution in [0.3, 0.4) is 0 Å². The molecule has 0 aromatic heterocycles. The number of nitrogens with one attached hydrogen (secondary N) is 1. The van der Waals surface area contributed by atoms with Crippen LogP contribution in [0.4, 0.5) is 4.79 Å². The molecule has 1 heterocycles. The number of hydrogen-bond acceptors (Lipinski definition) is 4. The van der Waals surface area contributed by atoms with Gasteiger partial charge in [-0.15, -0.1) is 11.8 Å². The summed E-state index contributed by atoms with van der Waals surface area (Å²) >= 11 is 5.48. The quantitative estimate of drug-likeness (QED) is 0.645. The number of carbonyl (C=O) groups excluding carboxylic acids is 2. The second kappa shape index (κ2) is 5.46. The third-order valence-corrected chi connectivity index (χ3v) is 3.99. The topological polar surface area (TPSA) is 49.4 Å². The van der Waals surface area contributed by atoms with E-state index in [1.54, 1.807) is 0 Å². The number of nitrogens with zero attached hydrogens (tertiary/aromatic N) is 1. The van der Waals surface area contributed by atoms with Gasteiger partial charge in [-0.1, -0.05) is 30.3 Å². The third-order valence-electron chi connectivity index (χ3n) is 2.40. The molecule has 0 spiro atoms. The molecular weight excluding hydrogens is 256 g/mol. The Hall–Kier alpha value is -1.14. The van der Waals surface area contributed by atoms with Gasteiger partial charge in [-0.3, -0.25) is 15.0 Å². The van der Waals surface area contributed by atoms with Gasteiger partial charge in [0.25, 0.3) is 5.91 Å². The highest BCUT2D eigenvalue weighted by atomic mass is 32.2. The second-order valence-corrected chi connectivity index (χ2v) is 4.91. The first-order valence-corrected chi connectivity index (χ1v) is 6.78. The third kappa shape index (κ3) is 2.76. The second-order valence-electron chi connectivity index (χ2n) is 3.55. The Balaban J connectivity index is 1.99. The van der Waals surface area contributed by atoms with Gasteiger partial charge in [0.2, 0.25) is 0 Å². The Morgan fingerprint density at radius 1 is 1.29 bits per heavy atom. The molecule has 0 aliphatic carbocycles. The van der Waals surface area contributed by atoms with Gasteiger partial charge >= 0.3 is 6.03 Å². The Morgan fingerprint density at radius 3 is 2.65 bits per heavy atom. The molecule has 1 fully saturated rings. The van der Waals surface area contributed by atoms with Crippen LogP contribution in [0.15, 0.2) is 30.3 Å². The Morgan fingerprint density at radius 2 is 2.00 bits per heavy atom. The molecule has 17 heavy (non-hydrogen) atoms. The first-order valence-electron chi connectivity index (χ1n) is 5.10. The summed E-state index contributed by atoms with van der Waals surface area (Å²) < 4.78 is 0. The molecule has 6 heteroatoms. The first-order chi connectivity index (χ1) is 8.22. The molecular formula is C11H12N2O2S2. The van der Waals surface area contributed by atoms with Gasteiger partial charge in [-0.05, 0) is 5.56 Å². The average Bonchev–Trinajstić information content (AvgIpc) is 2.62. The number of imide groups is 1. The van der Waals surface area contributed by atoms with Crippen molar-refractivity contribution >= 4 is 36.3 Å². The summed E-state index contributed by atoms with van der Waals surface area (Å²) in [7, 11) is 0. The highest BCUT2D eigenvalue weighted by Gasteiger charge is 2.37. The lowest BCUT2D eigenvalue weighted by atomic mass is 10.2. The predicted octanol–water partition coefficient (Wildman–Crippen LogP) is 1.69. The van der Waals surface area contributed by atoms with E-state index in [0.717, 1.165) is 5.56 Å². The largest absolute Gasteiger partial charge is 0.326 e. The first kappa shape index (κ1) is 12.3. The highest BCUT2D eigenvalue weighted by Crippen LogP contribution is 2.24. The average molecular weight is 268 g/mol. The van der Waals surface area contributed by atoms with Crippen molar-refractivity contribution in [3.63, 3.8) is 0 Å². The van der Waals surface area contributed by atoms with E-state index in [4.69, 9.17) is 0 Å². The molecule has 4 nitrogen and oxygen atoms in total. The summed E-state index contributed by atoms with van der Waals surface area (Å²) in [6.07, 6.45) is 0. The number of carbonyl (C=O) groups is 2. The predicted molar refractivity (Wildman–Crippen MR) is 70.8 cm³/mol. The fourth-order valence-corrected chi connectivity index (χ4v) is 3.05. The SMILES string of the molecule is O=C1NC(=O)N(CS)C1SCc1ccccc1. The van der Waals surface area contributed by atoms with Crippen molar-refractivity contribution < 1.29 is 9.59 Å². The summed E-state index contributed by atoms with van der Waals surface area (Å²) in [6.45, 7) is 0. The van der Waals surface area contributed by atoms with Crippen molar-refractivity contribution in [2.75, 3.05) is 5.88 Å². The summed E-state index contributed by atoms with van der Waals surface area (Å²) in [5.41, 5.74) is 1.13. The van der Waals surface area contributed by atoms with Gasteiger partial charge in [-0.25, -0.2) is 4.79 Å². The molecule has 90 valence electrons. The Labute approximate surface area is 109 Å². The molecule has 3 amide bonds. The zero-order valence-corrected chi connectivity index (χ0v) is 10.7. The van der Waals surface area contributed by atoms with E-state index in [1.165, 1.54) is 16.7 Å². The van der Waals surface area contributed by atoms with E-state index >= 15 is 0 Å². The molecule has 1 aromatic carbocycles. The maximum absolute atomic E-state index is 11.5. The van der Waals surface area contributed by atoms with Gasteiger partial charge in [0, 0.05) is 5.75 Å². The fraction of sp³-hybridized carbons (Fsp3) is 0.273. The standard InChI is InChI=1S/C11H12N2O2S2/c14-9-10(13(7-16)11(15)12-9)17-6-8-4-2-1-3-5-8/h1-5,10,16H,6-7H2,(H,12,14,15). The number of hydrogen-bond donors (Lipinski definition) is 2. The molecule has 1 saturated heterocycles. The number of urea groups is 1. The minimum atomic E-state index is -0.472. The molecule has 0 saturated carbocycles. The van der Waals surface area contributed by atoms with Crippen molar-refractivity contribution in [3.05, 3.63) is 35.9 Å². The summed E-state index contributed by atoms with van der Waals surface area (Å²) in [6, 6.07) is 9.47. The number of thioether (sulfide) groups is 1. The van der Waals surface area contributed by atoms with Gasteiger partial charge in [-0.2, -0.15) is 12.6 Å². The van der Waals surface area contributed by atoms with Crippen LogP contribution in [0.25, 0.3) is 0 Å². The lowest BCUT2D eigenvalue weighted by Crippen LogP contribution is -2.31. The summed E-state index contributed by atoms with van der Waals surface area (Å²) in [5.74, 6) is 0.672. The van der Waals surface area contributed by atoms with Crippen LogP contribution in [0.5, 0.6) is 0 Å². The normalized spacial score (nSPS) is 19.6. The van der Waals surface area contributed by atoms with Crippen molar-refractivity contribution in [2.24, 2.45) is 0 Å². The van der Waals surface area contributed by atoms with Crippen LogP contribution < -0.4 is 5.32 Å². The number of benzene rings is 1. The van der Waals surface area contributed by atoms with Crippen LogP contribution in [-0.4, -0.2) is 28.1 Å². The van der Waals surface area contributed by atoms with Crippen LogP contribution in [0.1, 0.15) is 5.56 Å². The summed E-state index contributed by atoms with van der Waals surface area (Å²) in [5, 5.41) is 1.81. The van der Waals surface area contributed by atoms with Crippen molar-refractivity contribution in [1.82, 2.24) is 10.2 Å². The molecule has 0 bridgehead atoms. The number of rotatable bonds is 4. The minimum Gasteiger partial charge on any atom is -0.294 e. The van der Waals surface area contributed by atoms with E-state index in [2.05, 4.69) is 17.9 Å². The van der Waals surface area contributed by atoms with Gasteiger partial charge in [0.1, 0.15) is 0 Å². The van der Waals surface area contributed by atoms with Crippen LogP contribution in [0.2, 0.25) is 0 Å². The van der Waals surface area contributed by atoms with Crippen LogP contribution in [0, 0.1) is 0 Å². The van der Waals surface area contributed by atoms with Crippen LogP contribution >= 0.6 is 24.4 Å². The number of amides is 3. The molecule has 1 unspecified atom stereocenters. The van der Waals surface area contributed by atoms with E-state index in [-0.39, 0.29) is 17.8 Å². The zero-order valence-electron chi connectivity index (χ0n) is 9.00. The smallest absolute Gasteiger partial charge is 0.294 e. The van der Waals surface area contributed by atoms with E-state index < -0.39 is 5.37 Å². The van der Waals surface area contributed by atoms with E-state index in [9.17, 15) is 9.59 Å². The van der Waals surface area contributed by atoms with Gasteiger partial charge in [0.15, 0.2) is 5.37 Å². The maximum Gasteiger partial charge on any atom is 0.326 e. The molecule has 1 aliphatic heterocycles. The lowest BCUT2D eigenvalue weighted by molar-refractivity contribution is -0.119. The molecule has 1 aromatic rings. The molecule has 1 N–H and O–H groups in total. The zero-order chi connectivity index (χ0) is 12.3. The van der Waals surface area contributed by atoms with Crippen molar-refractivity contribution in [1.29, 1.82) is 0 Å². The van der Waals surface area contributed by atoms with E-state index in [1.807, 2.05) is 30.3 Å². The van der Waals surface area contributed by atoms with Crippen LogP contribution in [-0.2, 0) is 10.5 Å². The van der Waals surface area contributed by atoms with Gasteiger partial charge in [0.05, 0.1) is 5.88 Å². The fourth-order valence-electron chi connectivity index (χ4n) is 1.54. The maximum atomic E-state index is 11.5. The number of thiol groups is 1.